The molecule has 12 heteroatoms. The predicted molar refractivity (Wildman–Crippen MR) is 325 cm³/mol. The van der Waals surface area contributed by atoms with Crippen LogP contribution >= 0.6 is 7.82 Å². The van der Waals surface area contributed by atoms with Gasteiger partial charge in [0.2, 0.25) is 0 Å². The number of unbranched alkanes of at least 4 members (excludes halogenated alkanes) is 21. The highest BCUT2D eigenvalue weighted by Gasteiger charge is 2.28. The molecule has 0 aliphatic heterocycles. The Morgan fingerprint density at radius 3 is 1.08 bits per heavy atom. The maximum absolute atomic E-state index is 12.9. The van der Waals surface area contributed by atoms with Crippen LogP contribution in [0.25, 0.3) is 0 Å². The predicted octanol–water partition coefficient (Wildman–Crippen LogP) is 18.6. The Hall–Kier alpha value is -3.86. The van der Waals surface area contributed by atoms with Crippen LogP contribution in [0.4, 0.5) is 0 Å². The average Bonchev–Trinajstić information content (AvgIpc) is 3.43. The normalized spacial score (nSPS) is 14.1. The minimum absolute atomic E-state index is 0.0828. The van der Waals surface area contributed by atoms with E-state index in [0.717, 1.165) is 109 Å². The van der Waals surface area contributed by atoms with Crippen LogP contribution in [0, 0.1) is 0 Å². The topological polar surface area (TPSA) is 155 Å². The van der Waals surface area contributed by atoms with Crippen LogP contribution in [-0.4, -0.2) is 66.5 Å². The maximum Gasteiger partial charge on any atom is 0.472 e. The molecule has 0 aromatic heterocycles. The molecule has 2 N–H and O–H groups in total. The van der Waals surface area contributed by atoms with E-state index >= 15 is 0 Å². The van der Waals surface area contributed by atoms with E-state index in [1.54, 1.807) is 0 Å². The molecule has 0 spiro atoms. The lowest BCUT2D eigenvalue weighted by atomic mass is 10.1. The van der Waals surface area contributed by atoms with Crippen LogP contribution in [0.15, 0.2) is 109 Å². The van der Waals surface area contributed by atoms with Crippen molar-refractivity contribution in [2.45, 2.75) is 264 Å². The molecule has 0 aliphatic carbocycles. The van der Waals surface area contributed by atoms with Crippen molar-refractivity contribution >= 4 is 25.7 Å². The van der Waals surface area contributed by atoms with Crippen molar-refractivity contribution in [2.75, 3.05) is 26.4 Å². The van der Waals surface area contributed by atoms with Gasteiger partial charge in [-0.1, -0.05) is 220 Å². The summed E-state index contributed by atoms with van der Waals surface area (Å²) in [5.41, 5.74) is 0. The van der Waals surface area contributed by atoms with Gasteiger partial charge in [0, 0.05) is 19.3 Å². The SMILES string of the molecule is CC/C=C\C/C=C\C/C=C\C/C=C\C/C=C\CCCC(=O)OC(COC(=O)CCCCCCCCCCC/C=C\C/C=C\CCCCC)COP(=O)(O)OCC(CO)OC(=O)CCCCCCC/C=C\C/C=C\CCCCC. The number of rotatable bonds is 56. The van der Waals surface area contributed by atoms with Crippen LogP contribution < -0.4 is 0 Å². The summed E-state index contributed by atoms with van der Waals surface area (Å²) in [6.45, 7) is 4.40. The van der Waals surface area contributed by atoms with Crippen molar-refractivity contribution < 1.29 is 52.2 Å². The molecule has 0 aliphatic rings. The number of esters is 3. The number of hydrogen-bond acceptors (Lipinski definition) is 10. The van der Waals surface area contributed by atoms with Crippen LogP contribution in [0.1, 0.15) is 252 Å². The molecule has 0 aromatic rings. The van der Waals surface area contributed by atoms with E-state index in [0.29, 0.717) is 25.7 Å². The van der Waals surface area contributed by atoms with Gasteiger partial charge in [-0.05, 0) is 122 Å². The smallest absolute Gasteiger partial charge is 0.462 e. The highest BCUT2D eigenvalue weighted by molar-refractivity contribution is 7.47. The summed E-state index contributed by atoms with van der Waals surface area (Å²) in [6, 6.07) is 0. The van der Waals surface area contributed by atoms with Crippen molar-refractivity contribution in [2.24, 2.45) is 0 Å². The molecule has 446 valence electrons. The second kappa shape index (κ2) is 59.3. The molecule has 0 amide bonds. The van der Waals surface area contributed by atoms with Gasteiger partial charge in [-0.3, -0.25) is 23.4 Å². The molecule has 0 radical (unpaired) electrons. The number of allylic oxidation sites excluding steroid dienone is 18. The van der Waals surface area contributed by atoms with Gasteiger partial charge in [-0.15, -0.1) is 0 Å². The highest BCUT2D eigenvalue weighted by Crippen LogP contribution is 2.43. The monoisotopic (exact) mass is 1110 g/mol. The van der Waals surface area contributed by atoms with Gasteiger partial charge in [0.1, 0.15) is 12.7 Å². The first-order valence-corrected chi connectivity index (χ1v) is 32.3. The van der Waals surface area contributed by atoms with E-state index in [9.17, 15) is 28.9 Å². The zero-order chi connectivity index (χ0) is 56.9. The molecule has 0 rings (SSSR count). The van der Waals surface area contributed by atoms with Crippen LogP contribution in [-0.2, 0) is 42.2 Å². The minimum Gasteiger partial charge on any atom is -0.462 e. The number of aliphatic hydroxyl groups is 1. The third-order valence-electron chi connectivity index (χ3n) is 12.6. The molecule has 78 heavy (non-hydrogen) atoms. The zero-order valence-electron chi connectivity index (χ0n) is 49.3. The van der Waals surface area contributed by atoms with Crippen molar-refractivity contribution in [1.82, 2.24) is 0 Å². The summed E-state index contributed by atoms with van der Waals surface area (Å²) >= 11 is 0. The van der Waals surface area contributed by atoms with Gasteiger partial charge >= 0.3 is 25.7 Å². The lowest BCUT2D eigenvalue weighted by Gasteiger charge is -2.21. The highest BCUT2D eigenvalue weighted by atomic mass is 31.2. The Morgan fingerprint density at radius 1 is 0.372 bits per heavy atom. The number of aliphatic hydroxyl groups excluding tert-OH is 1. The molecular formula is C66H111O11P. The van der Waals surface area contributed by atoms with E-state index in [1.165, 1.54) is 77.0 Å². The quantitative estimate of drug-likeness (QED) is 0.0197. The van der Waals surface area contributed by atoms with Crippen molar-refractivity contribution in [3.05, 3.63) is 109 Å². The fourth-order valence-electron chi connectivity index (χ4n) is 7.98. The van der Waals surface area contributed by atoms with E-state index in [-0.39, 0.29) is 25.9 Å². The fourth-order valence-corrected chi connectivity index (χ4v) is 8.77. The Balaban J connectivity index is 4.81. The third-order valence-corrected chi connectivity index (χ3v) is 13.6. The van der Waals surface area contributed by atoms with Crippen LogP contribution in [0.2, 0.25) is 0 Å². The lowest BCUT2D eigenvalue weighted by molar-refractivity contribution is -0.161. The van der Waals surface area contributed by atoms with Crippen molar-refractivity contribution in [3.8, 4) is 0 Å². The molecule has 0 saturated carbocycles. The largest absolute Gasteiger partial charge is 0.472 e. The van der Waals surface area contributed by atoms with E-state index in [4.69, 9.17) is 23.3 Å². The number of phosphoric ester groups is 1. The number of ether oxygens (including phenoxy) is 3. The average molecular weight is 1110 g/mol. The molecule has 0 saturated heterocycles. The van der Waals surface area contributed by atoms with Gasteiger partial charge in [0.15, 0.2) is 6.10 Å². The van der Waals surface area contributed by atoms with Gasteiger partial charge in [0.05, 0.1) is 19.8 Å². The third kappa shape index (κ3) is 56.8. The molecule has 0 fully saturated rings. The van der Waals surface area contributed by atoms with Crippen molar-refractivity contribution in [1.29, 1.82) is 0 Å². The van der Waals surface area contributed by atoms with Gasteiger partial charge in [-0.25, -0.2) is 4.57 Å². The Bertz CT molecular complexity index is 1720. The molecular weight excluding hydrogens is 1000 g/mol. The standard InChI is InChI=1S/C66H111O11P/c1-4-7-10-13-16-19-22-25-28-30-31-33-35-37-40-43-46-49-52-55-64(68)73-59-63(77-66(70)57-54-51-48-45-42-39-36-32-29-26-23-20-17-14-11-8-5-2)61-75-78(71,72)74-60-62(58-67)76-65(69)56-53-50-47-44-41-38-34-27-24-21-18-15-12-9-6-3/h8,11,16-21,25-29,34,36,39,45,48,62-63,67H,4-7,9-10,12-15,22-24,30-33,35,37-38,40-44,46-47,49-61H2,1-3H3,(H,71,72)/b11-8-,19-16-,20-17-,21-18-,28-25-,29-26-,34-27-,39-36-,48-45-. The fraction of sp³-hybridized carbons (Fsp3) is 0.682. The number of carbonyl (C=O) groups excluding carboxylic acids is 3. The molecule has 0 bridgehead atoms. The summed E-state index contributed by atoms with van der Waals surface area (Å²) < 4.78 is 39.5. The van der Waals surface area contributed by atoms with Gasteiger partial charge < -0.3 is 24.2 Å². The van der Waals surface area contributed by atoms with Gasteiger partial charge in [0.25, 0.3) is 0 Å². The number of phosphoric acid groups is 1. The molecule has 0 aromatic carbocycles. The van der Waals surface area contributed by atoms with E-state index < -0.39 is 57.8 Å². The summed E-state index contributed by atoms with van der Waals surface area (Å²) in [7, 11) is -4.78. The summed E-state index contributed by atoms with van der Waals surface area (Å²) in [6.07, 6.45) is 71.9. The number of hydrogen-bond donors (Lipinski definition) is 2. The first kappa shape index (κ1) is 74.1. The second-order valence-corrected chi connectivity index (χ2v) is 21.6. The molecule has 3 atom stereocenters. The van der Waals surface area contributed by atoms with Crippen LogP contribution in [0.3, 0.4) is 0 Å². The maximum atomic E-state index is 12.9. The Kier molecular flexibility index (Phi) is 56.3. The molecule has 3 unspecified atom stereocenters. The first-order valence-electron chi connectivity index (χ1n) is 30.8. The molecule has 0 heterocycles. The first-order chi connectivity index (χ1) is 38.2. The number of carbonyl (C=O) groups is 3. The summed E-state index contributed by atoms with van der Waals surface area (Å²) in [5, 5.41) is 9.83. The van der Waals surface area contributed by atoms with Crippen molar-refractivity contribution in [3.63, 3.8) is 0 Å². The van der Waals surface area contributed by atoms with E-state index in [1.807, 2.05) is 12.2 Å². The summed E-state index contributed by atoms with van der Waals surface area (Å²) in [5.74, 6) is -1.56. The van der Waals surface area contributed by atoms with E-state index in [2.05, 4.69) is 118 Å². The minimum atomic E-state index is -4.78. The second-order valence-electron chi connectivity index (χ2n) is 20.1. The zero-order valence-corrected chi connectivity index (χ0v) is 50.2. The Labute approximate surface area is 475 Å². The molecule has 11 nitrogen and oxygen atoms in total. The lowest BCUT2D eigenvalue weighted by Crippen LogP contribution is -2.30. The Morgan fingerprint density at radius 2 is 0.679 bits per heavy atom. The summed E-state index contributed by atoms with van der Waals surface area (Å²) in [4.78, 5) is 48.7. The van der Waals surface area contributed by atoms with Crippen LogP contribution in [0.5, 0.6) is 0 Å². The van der Waals surface area contributed by atoms with Gasteiger partial charge in [-0.2, -0.15) is 0 Å².